The molecular weight excluding hydrogens is 370 g/mol. The molecule has 0 aliphatic carbocycles. The van der Waals surface area contributed by atoms with E-state index in [4.69, 9.17) is 16.6 Å². The molecule has 0 aromatic rings. The lowest BCUT2D eigenvalue weighted by Gasteiger charge is -2.22. The molecule has 11 nitrogen and oxygen atoms in total. The summed E-state index contributed by atoms with van der Waals surface area (Å²) in [7, 11) is 0. The Morgan fingerprint density at radius 1 is 1.00 bits per heavy atom. The molecule has 3 amide bonds. The molecule has 28 heavy (non-hydrogen) atoms. The number of hydrogen-bond acceptors (Lipinski definition) is 7. The highest BCUT2D eigenvalue weighted by Crippen LogP contribution is 2.03. The molecule has 0 aromatic carbocycles. The predicted octanol–water partition coefficient (Wildman–Crippen LogP) is -2.35. The largest absolute Gasteiger partial charge is 0.480 e. The Balaban J connectivity index is 4.83. The summed E-state index contributed by atoms with van der Waals surface area (Å²) in [4.78, 5) is 47.4. The normalized spacial score (nSPS) is 15.2. The molecule has 4 unspecified atom stereocenters. The monoisotopic (exact) mass is 403 g/mol. The molecule has 162 valence electrons. The lowest BCUT2D eigenvalue weighted by Crippen LogP contribution is -2.55. The third-order valence-corrected chi connectivity index (χ3v) is 4.07. The molecule has 0 fully saturated rings. The van der Waals surface area contributed by atoms with Crippen LogP contribution in [-0.4, -0.2) is 71.2 Å². The highest BCUT2D eigenvalue weighted by molar-refractivity contribution is 5.92. The van der Waals surface area contributed by atoms with Crippen molar-refractivity contribution in [1.29, 1.82) is 0 Å². The van der Waals surface area contributed by atoms with Crippen LogP contribution >= 0.6 is 0 Å². The van der Waals surface area contributed by atoms with Gasteiger partial charge in [-0.2, -0.15) is 0 Å². The molecule has 0 aliphatic heterocycles. The number of carbonyl (C=O) groups is 4. The first-order chi connectivity index (χ1) is 13.0. The van der Waals surface area contributed by atoms with Crippen molar-refractivity contribution in [2.45, 2.75) is 64.3 Å². The zero-order valence-electron chi connectivity index (χ0n) is 16.6. The van der Waals surface area contributed by atoms with Crippen molar-refractivity contribution >= 4 is 23.7 Å². The number of aliphatic hydroxyl groups is 1. The Morgan fingerprint density at radius 2 is 1.61 bits per heavy atom. The average molecular weight is 403 g/mol. The summed E-state index contributed by atoms with van der Waals surface area (Å²) in [5.74, 6) is -3.48. The standard InChI is InChI=1S/C17H33N5O6/c1-9(2)14(17(27)28)22-12(24)8-20-15(25)11(6-4-5-7-18)21-16(26)13(19)10(3)23/h9-11,13-14,23H,4-8,18-19H2,1-3H3,(H,20,25)(H,21,26)(H,22,24)(H,27,28). The fraction of sp³-hybridized carbons (Fsp3) is 0.765. The fourth-order valence-corrected chi connectivity index (χ4v) is 2.28. The van der Waals surface area contributed by atoms with Gasteiger partial charge in [0.1, 0.15) is 18.1 Å². The van der Waals surface area contributed by atoms with Crippen molar-refractivity contribution in [3.05, 3.63) is 0 Å². The van der Waals surface area contributed by atoms with Crippen LogP contribution < -0.4 is 27.4 Å². The minimum atomic E-state index is -1.20. The molecule has 9 N–H and O–H groups in total. The van der Waals surface area contributed by atoms with Crippen LogP contribution in [0, 0.1) is 5.92 Å². The minimum Gasteiger partial charge on any atom is -0.480 e. The molecule has 4 atom stereocenters. The van der Waals surface area contributed by atoms with Crippen LogP contribution in [0.25, 0.3) is 0 Å². The van der Waals surface area contributed by atoms with Gasteiger partial charge in [-0.1, -0.05) is 13.8 Å². The van der Waals surface area contributed by atoms with E-state index in [2.05, 4.69) is 16.0 Å². The van der Waals surface area contributed by atoms with E-state index in [0.717, 1.165) is 0 Å². The number of aliphatic hydroxyl groups excluding tert-OH is 1. The van der Waals surface area contributed by atoms with Crippen LogP contribution in [0.1, 0.15) is 40.0 Å². The topological polar surface area (TPSA) is 197 Å². The zero-order valence-corrected chi connectivity index (χ0v) is 16.6. The maximum Gasteiger partial charge on any atom is 0.326 e. The second kappa shape index (κ2) is 13.0. The summed E-state index contributed by atoms with van der Waals surface area (Å²) in [6.45, 7) is 4.62. The summed E-state index contributed by atoms with van der Waals surface area (Å²) in [5.41, 5.74) is 11.0. The van der Waals surface area contributed by atoms with Crippen molar-refractivity contribution in [2.75, 3.05) is 13.1 Å². The first-order valence-electron chi connectivity index (χ1n) is 9.25. The van der Waals surface area contributed by atoms with Crippen LogP contribution in [0.2, 0.25) is 0 Å². The lowest BCUT2D eigenvalue weighted by atomic mass is 10.0. The lowest BCUT2D eigenvalue weighted by molar-refractivity contribution is -0.143. The molecule has 0 spiro atoms. The van der Waals surface area contributed by atoms with Gasteiger partial charge in [-0.25, -0.2) is 4.79 Å². The van der Waals surface area contributed by atoms with E-state index in [1.807, 2.05) is 0 Å². The van der Waals surface area contributed by atoms with Gasteiger partial charge in [-0.05, 0) is 38.6 Å². The maximum atomic E-state index is 12.4. The van der Waals surface area contributed by atoms with Crippen molar-refractivity contribution in [2.24, 2.45) is 17.4 Å². The highest BCUT2D eigenvalue weighted by Gasteiger charge is 2.27. The first-order valence-corrected chi connectivity index (χ1v) is 9.25. The minimum absolute atomic E-state index is 0.271. The molecule has 11 heteroatoms. The summed E-state index contributed by atoms with van der Waals surface area (Å²) >= 11 is 0. The Morgan fingerprint density at radius 3 is 2.07 bits per heavy atom. The predicted molar refractivity (Wildman–Crippen MR) is 102 cm³/mol. The van der Waals surface area contributed by atoms with Crippen molar-refractivity contribution < 1.29 is 29.4 Å². The summed E-state index contributed by atoms with van der Waals surface area (Å²) in [5, 5.41) is 25.6. The van der Waals surface area contributed by atoms with Crippen LogP contribution in [0.15, 0.2) is 0 Å². The van der Waals surface area contributed by atoms with Gasteiger partial charge in [-0.3, -0.25) is 14.4 Å². The molecule has 0 saturated heterocycles. The van der Waals surface area contributed by atoms with Gasteiger partial charge in [0.2, 0.25) is 17.7 Å². The van der Waals surface area contributed by atoms with Crippen molar-refractivity contribution in [3.63, 3.8) is 0 Å². The number of amides is 3. The molecular formula is C17H33N5O6. The van der Waals surface area contributed by atoms with E-state index < -0.39 is 54.5 Å². The highest BCUT2D eigenvalue weighted by atomic mass is 16.4. The number of rotatable bonds is 13. The maximum absolute atomic E-state index is 12.4. The summed E-state index contributed by atoms with van der Waals surface area (Å²) in [6, 6.07) is -3.24. The number of nitrogens with two attached hydrogens (primary N) is 2. The Labute approximate surface area is 164 Å². The second-order valence-corrected chi connectivity index (χ2v) is 6.96. The third kappa shape index (κ3) is 9.62. The SMILES string of the molecule is CC(C)C(NC(=O)CNC(=O)C(CCCCN)NC(=O)C(N)C(C)O)C(=O)O. The molecule has 0 rings (SSSR count). The number of carboxylic acids is 1. The van der Waals surface area contributed by atoms with Gasteiger partial charge in [0, 0.05) is 0 Å². The smallest absolute Gasteiger partial charge is 0.326 e. The van der Waals surface area contributed by atoms with Gasteiger partial charge in [0.25, 0.3) is 0 Å². The van der Waals surface area contributed by atoms with Crippen LogP contribution in [0.3, 0.4) is 0 Å². The Hall–Kier alpha value is -2.24. The third-order valence-electron chi connectivity index (χ3n) is 4.07. The quantitative estimate of drug-likeness (QED) is 0.166. The van der Waals surface area contributed by atoms with Crippen LogP contribution in [0.5, 0.6) is 0 Å². The Kier molecular flexibility index (Phi) is 12.0. The van der Waals surface area contributed by atoms with Gasteiger partial charge in [0.05, 0.1) is 12.6 Å². The van der Waals surface area contributed by atoms with E-state index in [1.54, 1.807) is 13.8 Å². The number of hydrogen-bond donors (Lipinski definition) is 7. The van der Waals surface area contributed by atoms with E-state index in [-0.39, 0.29) is 12.3 Å². The van der Waals surface area contributed by atoms with E-state index in [1.165, 1.54) is 6.92 Å². The van der Waals surface area contributed by atoms with Gasteiger partial charge >= 0.3 is 5.97 Å². The first kappa shape index (κ1) is 25.8. The molecule has 0 radical (unpaired) electrons. The van der Waals surface area contributed by atoms with Crippen LogP contribution in [0.4, 0.5) is 0 Å². The van der Waals surface area contributed by atoms with Crippen molar-refractivity contribution in [3.8, 4) is 0 Å². The number of carboxylic acid groups (broad SMARTS) is 1. The number of nitrogens with one attached hydrogen (secondary N) is 3. The van der Waals surface area contributed by atoms with Crippen molar-refractivity contribution in [1.82, 2.24) is 16.0 Å². The van der Waals surface area contributed by atoms with E-state index in [0.29, 0.717) is 19.4 Å². The molecule has 0 bridgehead atoms. The van der Waals surface area contributed by atoms with E-state index >= 15 is 0 Å². The fourth-order valence-electron chi connectivity index (χ4n) is 2.28. The number of aliphatic carboxylic acids is 1. The van der Waals surface area contributed by atoms with Crippen LogP contribution in [-0.2, 0) is 19.2 Å². The number of carbonyl (C=O) groups excluding carboxylic acids is 3. The molecule has 0 aromatic heterocycles. The zero-order chi connectivity index (χ0) is 21.9. The second-order valence-electron chi connectivity index (χ2n) is 6.96. The number of unbranched alkanes of at least 4 members (excludes halogenated alkanes) is 1. The average Bonchev–Trinajstić information content (AvgIpc) is 2.61. The van der Waals surface area contributed by atoms with Gasteiger partial charge in [-0.15, -0.1) is 0 Å². The summed E-state index contributed by atoms with van der Waals surface area (Å²) in [6.07, 6.45) is 0.367. The summed E-state index contributed by atoms with van der Waals surface area (Å²) < 4.78 is 0. The molecule has 0 aliphatic rings. The Bertz CT molecular complexity index is 540. The molecule has 0 heterocycles. The molecule has 0 saturated carbocycles. The van der Waals surface area contributed by atoms with Gasteiger partial charge < -0.3 is 37.6 Å². The van der Waals surface area contributed by atoms with Gasteiger partial charge in [0.15, 0.2) is 0 Å². The van der Waals surface area contributed by atoms with E-state index in [9.17, 15) is 24.3 Å².